The van der Waals surface area contributed by atoms with Gasteiger partial charge >= 0.3 is 0 Å². The van der Waals surface area contributed by atoms with Gasteiger partial charge in [-0.3, -0.25) is 4.90 Å². The molecule has 0 amide bonds. The molecule has 0 radical (unpaired) electrons. The number of nitrogens with zero attached hydrogens (tertiary/aromatic N) is 1. The molecular weight excluding hydrogens is 198 g/mol. The van der Waals surface area contributed by atoms with E-state index in [1.165, 1.54) is 18.5 Å². The molecule has 3 atom stereocenters. The van der Waals surface area contributed by atoms with Crippen molar-refractivity contribution in [2.45, 2.75) is 38.0 Å². The molecule has 1 heterocycles. The fourth-order valence-electron chi connectivity index (χ4n) is 3.31. The van der Waals surface area contributed by atoms with Gasteiger partial charge in [0.15, 0.2) is 0 Å². The molecule has 1 N–H and O–H groups in total. The van der Waals surface area contributed by atoms with E-state index >= 15 is 0 Å². The molecule has 1 aliphatic carbocycles. The summed E-state index contributed by atoms with van der Waals surface area (Å²) in [5.74, 6) is 0.734. The lowest BCUT2D eigenvalue weighted by Gasteiger charge is -2.26. The predicted octanol–water partition coefficient (Wildman–Crippen LogP) is 2.03. The standard InChI is InChI=1S/C14H19NO/c16-14-7-12-6-13(8-14)15(10-12)9-11-4-2-1-3-5-11/h1-5,12-14,16H,6-10H2/t12-,13+,14-/m1/s1. The summed E-state index contributed by atoms with van der Waals surface area (Å²) in [7, 11) is 0. The quantitative estimate of drug-likeness (QED) is 0.819. The Labute approximate surface area is 96.9 Å². The Kier molecular flexibility index (Phi) is 2.70. The van der Waals surface area contributed by atoms with Crippen molar-refractivity contribution in [2.75, 3.05) is 6.54 Å². The van der Waals surface area contributed by atoms with Crippen molar-refractivity contribution >= 4 is 0 Å². The lowest BCUT2D eigenvalue weighted by atomic mass is 9.88. The third kappa shape index (κ3) is 2.00. The van der Waals surface area contributed by atoms with Gasteiger partial charge in [0, 0.05) is 19.1 Å². The molecule has 0 spiro atoms. The Morgan fingerprint density at radius 3 is 2.75 bits per heavy atom. The maximum Gasteiger partial charge on any atom is 0.0558 e. The summed E-state index contributed by atoms with van der Waals surface area (Å²) in [6.07, 6.45) is 3.24. The van der Waals surface area contributed by atoms with Gasteiger partial charge in [0.1, 0.15) is 0 Å². The minimum atomic E-state index is -0.0514. The molecule has 2 fully saturated rings. The van der Waals surface area contributed by atoms with Gasteiger partial charge in [-0.15, -0.1) is 0 Å². The second-order valence-corrected chi connectivity index (χ2v) is 5.30. The van der Waals surface area contributed by atoms with Crippen LogP contribution in [0.25, 0.3) is 0 Å². The zero-order valence-electron chi connectivity index (χ0n) is 9.55. The zero-order chi connectivity index (χ0) is 11.0. The highest BCUT2D eigenvalue weighted by atomic mass is 16.3. The number of aliphatic hydroxyl groups is 1. The second-order valence-electron chi connectivity index (χ2n) is 5.30. The smallest absolute Gasteiger partial charge is 0.0558 e. The van der Waals surface area contributed by atoms with E-state index in [4.69, 9.17) is 0 Å². The van der Waals surface area contributed by atoms with Gasteiger partial charge < -0.3 is 5.11 Å². The normalized spacial score (nSPS) is 34.2. The van der Waals surface area contributed by atoms with Gasteiger partial charge in [0.2, 0.25) is 0 Å². The van der Waals surface area contributed by atoms with Gasteiger partial charge in [-0.05, 0) is 30.7 Å². The van der Waals surface area contributed by atoms with E-state index in [1.807, 2.05) is 0 Å². The van der Waals surface area contributed by atoms with E-state index < -0.39 is 0 Å². The molecule has 16 heavy (non-hydrogen) atoms. The molecular formula is C14H19NO. The fourth-order valence-corrected chi connectivity index (χ4v) is 3.31. The molecule has 2 bridgehead atoms. The average molecular weight is 217 g/mol. The van der Waals surface area contributed by atoms with Crippen LogP contribution < -0.4 is 0 Å². The summed E-state index contributed by atoms with van der Waals surface area (Å²) in [5, 5.41) is 9.75. The van der Waals surface area contributed by atoms with Crippen molar-refractivity contribution in [3.05, 3.63) is 35.9 Å². The molecule has 0 unspecified atom stereocenters. The summed E-state index contributed by atoms with van der Waals surface area (Å²) < 4.78 is 0. The van der Waals surface area contributed by atoms with Crippen molar-refractivity contribution in [1.82, 2.24) is 4.90 Å². The Morgan fingerprint density at radius 1 is 1.12 bits per heavy atom. The van der Waals surface area contributed by atoms with E-state index in [1.54, 1.807) is 0 Å². The monoisotopic (exact) mass is 217 g/mol. The van der Waals surface area contributed by atoms with Crippen LogP contribution in [0.3, 0.4) is 0 Å². The van der Waals surface area contributed by atoms with Crippen LogP contribution in [0.2, 0.25) is 0 Å². The second kappa shape index (κ2) is 4.19. The van der Waals surface area contributed by atoms with Crippen molar-refractivity contribution in [1.29, 1.82) is 0 Å². The lowest BCUT2D eigenvalue weighted by molar-refractivity contribution is 0.0971. The van der Waals surface area contributed by atoms with Gasteiger partial charge in [-0.2, -0.15) is 0 Å². The summed E-state index contributed by atoms with van der Waals surface area (Å²) in [5.41, 5.74) is 1.39. The Balaban J connectivity index is 1.69. The highest BCUT2D eigenvalue weighted by Gasteiger charge is 2.38. The molecule has 2 heteroatoms. The summed E-state index contributed by atoms with van der Waals surface area (Å²) in [6.45, 7) is 2.23. The van der Waals surface area contributed by atoms with Crippen molar-refractivity contribution in [2.24, 2.45) is 5.92 Å². The molecule has 3 rings (SSSR count). The van der Waals surface area contributed by atoms with Crippen LogP contribution in [0.5, 0.6) is 0 Å². The number of rotatable bonds is 2. The highest BCUT2D eigenvalue weighted by Crippen LogP contribution is 2.36. The van der Waals surface area contributed by atoms with E-state index in [2.05, 4.69) is 35.2 Å². The van der Waals surface area contributed by atoms with E-state index in [0.717, 1.165) is 25.3 Å². The van der Waals surface area contributed by atoms with Crippen LogP contribution in [-0.2, 0) is 6.54 Å². The van der Waals surface area contributed by atoms with Crippen LogP contribution in [0.4, 0.5) is 0 Å². The first-order valence-corrected chi connectivity index (χ1v) is 6.27. The van der Waals surface area contributed by atoms with E-state index in [0.29, 0.717) is 6.04 Å². The third-order valence-corrected chi connectivity index (χ3v) is 3.99. The number of fused-ring (bicyclic) bond motifs is 2. The first kappa shape index (κ1) is 10.3. The third-order valence-electron chi connectivity index (χ3n) is 3.99. The SMILES string of the molecule is O[C@@H]1C[C@H]2C[C@@H](C1)N(Cc1ccccc1)C2. The lowest BCUT2D eigenvalue weighted by Crippen LogP contribution is -2.31. The van der Waals surface area contributed by atoms with Gasteiger partial charge in [-0.25, -0.2) is 0 Å². The van der Waals surface area contributed by atoms with Crippen LogP contribution >= 0.6 is 0 Å². The molecule has 1 saturated carbocycles. The van der Waals surface area contributed by atoms with Crippen LogP contribution in [-0.4, -0.2) is 28.7 Å². The minimum Gasteiger partial charge on any atom is -0.393 e. The van der Waals surface area contributed by atoms with Crippen molar-refractivity contribution < 1.29 is 5.11 Å². The van der Waals surface area contributed by atoms with E-state index in [-0.39, 0.29) is 6.10 Å². The average Bonchev–Trinajstić information content (AvgIpc) is 2.55. The van der Waals surface area contributed by atoms with Crippen molar-refractivity contribution in [3.63, 3.8) is 0 Å². The summed E-state index contributed by atoms with van der Waals surface area (Å²) in [6, 6.07) is 11.3. The molecule has 0 aromatic heterocycles. The van der Waals surface area contributed by atoms with E-state index in [9.17, 15) is 5.11 Å². The summed E-state index contributed by atoms with van der Waals surface area (Å²) in [4.78, 5) is 2.55. The number of benzene rings is 1. The molecule has 1 aliphatic heterocycles. The Bertz CT molecular complexity index is 351. The van der Waals surface area contributed by atoms with Crippen LogP contribution in [0.15, 0.2) is 30.3 Å². The Hall–Kier alpha value is -0.860. The van der Waals surface area contributed by atoms with Crippen LogP contribution in [0.1, 0.15) is 24.8 Å². The van der Waals surface area contributed by atoms with Crippen LogP contribution in [0, 0.1) is 5.92 Å². The number of hydrogen-bond donors (Lipinski definition) is 1. The maximum atomic E-state index is 9.75. The van der Waals surface area contributed by atoms with Gasteiger partial charge in [0.05, 0.1) is 6.10 Å². The molecule has 86 valence electrons. The zero-order valence-corrected chi connectivity index (χ0v) is 9.55. The highest BCUT2D eigenvalue weighted by molar-refractivity contribution is 5.15. The maximum absolute atomic E-state index is 9.75. The first-order valence-electron chi connectivity index (χ1n) is 6.27. The molecule has 1 saturated heterocycles. The molecule has 2 nitrogen and oxygen atoms in total. The van der Waals surface area contributed by atoms with Gasteiger partial charge in [-0.1, -0.05) is 30.3 Å². The summed E-state index contributed by atoms with van der Waals surface area (Å²) >= 11 is 0. The predicted molar refractivity (Wildman–Crippen MR) is 64.0 cm³/mol. The van der Waals surface area contributed by atoms with Gasteiger partial charge in [0.25, 0.3) is 0 Å². The largest absolute Gasteiger partial charge is 0.393 e. The number of likely N-dealkylation sites (tertiary alicyclic amines) is 1. The number of hydrogen-bond acceptors (Lipinski definition) is 2. The fraction of sp³-hybridized carbons (Fsp3) is 0.571. The first-order chi connectivity index (χ1) is 7.81. The van der Waals surface area contributed by atoms with Crippen molar-refractivity contribution in [3.8, 4) is 0 Å². The minimum absolute atomic E-state index is 0.0514. The molecule has 1 aromatic carbocycles. The molecule has 2 aliphatic rings. The number of aliphatic hydroxyl groups excluding tert-OH is 1. The Morgan fingerprint density at radius 2 is 1.94 bits per heavy atom. The topological polar surface area (TPSA) is 23.5 Å². The molecule has 1 aromatic rings.